The standard InChI is InChI=1S/C15H22N4O3S/c1-10-11(14(20)18-15(16)17)6-7-12(13(10)23(2,21)22)19-8-4-3-5-9-19/h6-7H,3-5,8-9H2,1-2H3,(H4,16,17,18,20). The molecule has 23 heavy (non-hydrogen) atoms. The number of guanidine groups is 1. The summed E-state index contributed by atoms with van der Waals surface area (Å²) in [6, 6.07) is 3.26. The molecule has 1 saturated heterocycles. The number of hydrogen-bond acceptors (Lipinski definition) is 4. The topological polar surface area (TPSA) is 119 Å². The largest absolute Gasteiger partial charge is 0.370 e. The molecule has 1 aliphatic rings. The lowest BCUT2D eigenvalue weighted by Crippen LogP contribution is -2.31. The lowest BCUT2D eigenvalue weighted by Gasteiger charge is -2.31. The van der Waals surface area contributed by atoms with Crippen molar-refractivity contribution < 1.29 is 13.2 Å². The first-order valence-corrected chi connectivity index (χ1v) is 9.33. The number of amides is 1. The number of carbonyl (C=O) groups excluding carboxylic acids is 1. The number of rotatable bonds is 3. The molecule has 0 spiro atoms. The molecule has 0 unspecified atom stereocenters. The molecule has 8 heteroatoms. The van der Waals surface area contributed by atoms with Gasteiger partial charge in [-0.3, -0.25) is 4.79 Å². The van der Waals surface area contributed by atoms with Gasteiger partial charge in [-0.1, -0.05) is 0 Å². The van der Waals surface area contributed by atoms with Gasteiger partial charge in [0.05, 0.1) is 10.6 Å². The van der Waals surface area contributed by atoms with Crippen LogP contribution in [-0.4, -0.2) is 39.6 Å². The molecule has 1 fully saturated rings. The van der Waals surface area contributed by atoms with Gasteiger partial charge >= 0.3 is 0 Å². The molecular formula is C15H22N4O3S. The average molecular weight is 338 g/mol. The Balaban J connectivity index is 2.60. The van der Waals surface area contributed by atoms with Gasteiger partial charge in [0.25, 0.3) is 5.91 Å². The maximum atomic E-state index is 12.3. The van der Waals surface area contributed by atoms with E-state index >= 15 is 0 Å². The maximum absolute atomic E-state index is 12.3. The Labute approximate surface area is 136 Å². The molecule has 0 aromatic heterocycles. The summed E-state index contributed by atoms with van der Waals surface area (Å²) >= 11 is 0. The van der Waals surface area contributed by atoms with Crippen molar-refractivity contribution >= 4 is 27.4 Å². The second-order valence-corrected chi connectivity index (χ2v) is 7.70. The highest BCUT2D eigenvalue weighted by Gasteiger charge is 2.25. The van der Waals surface area contributed by atoms with Gasteiger partial charge in [-0.05, 0) is 43.9 Å². The number of carbonyl (C=O) groups is 1. The smallest absolute Gasteiger partial charge is 0.280 e. The Hall–Kier alpha value is -2.09. The fraction of sp³-hybridized carbons (Fsp3) is 0.467. The minimum atomic E-state index is -3.50. The quantitative estimate of drug-likeness (QED) is 0.621. The van der Waals surface area contributed by atoms with E-state index in [0.717, 1.165) is 38.6 Å². The van der Waals surface area contributed by atoms with Gasteiger partial charge < -0.3 is 16.4 Å². The number of anilines is 1. The third kappa shape index (κ3) is 3.82. The molecule has 126 valence electrons. The summed E-state index contributed by atoms with van der Waals surface area (Å²) in [5.74, 6) is -0.993. The summed E-state index contributed by atoms with van der Waals surface area (Å²) in [6.45, 7) is 3.23. The Kier molecular flexibility index (Phi) is 4.93. The highest BCUT2D eigenvalue weighted by atomic mass is 32.2. The third-order valence-electron chi connectivity index (χ3n) is 3.91. The SMILES string of the molecule is Cc1c(C(=O)N=C(N)N)ccc(N2CCCCC2)c1S(C)(=O)=O. The number of piperidine rings is 1. The Morgan fingerprint density at radius 2 is 1.78 bits per heavy atom. The zero-order valence-corrected chi connectivity index (χ0v) is 14.2. The van der Waals surface area contributed by atoms with Crippen LogP contribution in [0.4, 0.5) is 5.69 Å². The number of nitrogens with two attached hydrogens (primary N) is 2. The zero-order valence-electron chi connectivity index (χ0n) is 13.4. The summed E-state index contributed by atoms with van der Waals surface area (Å²) in [6.07, 6.45) is 4.34. The molecule has 1 aromatic carbocycles. The molecule has 2 rings (SSSR count). The van der Waals surface area contributed by atoms with E-state index in [1.54, 1.807) is 19.1 Å². The van der Waals surface area contributed by atoms with Crippen molar-refractivity contribution in [1.29, 1.82) is 0 Å². The highest BCUT2D eigenvalue weighted by Crippen LogP contribution is 2.32. The number of sulfone groups is 1. The van der Waals surface area contributed by atoms with E-state index in [4.69, 9.17) is 11.5 Å². The minimum Gasteiger partial charge on any atom is -0.370 e. The van der Waals surface area contributed by atoms with Crippen molar-refractivity contribution in [3.8, 4) is 0 Å². The average Bonchev–Trinajstić information content (AvgIpc) is 2.45. The Morgan fingerprint density at radius 1 is 1.17 bits per heavy atom. The van der Waals surface area contributed by atoms with Gasteiger partial charge in [0.1, 0.15) is 0 Å². The summed E-state index contributed by atoms with van der Waals surface area (Å²) in [7, 11) is -3.50. The molecule has 0 saturated carbocycles. The van der Waals surface area contributed by atoms with Crippen molar-refractivity contribution in [2.75, 3.05) is 24.2 Å². The van der Waals surface area contributed by atoms with Crippen LogP contribution in [-0.2, 0) is 9.84 Å². The van der Waals surface area contributed by atoms with Crippen LogP contribution in [0.5, 0.6) is 0 Å². The molecule has 7 nitrogen and oxygen atoms in total. The van der Waals surface area contributed by atoms with Crippen LogP contribution >= 0.6 is 0 Å². The van der Waals surface area contributed by atoms with Crippen molar-refractivity contribution in [1.82, 2.24) is 0 Å². The van der Waals surface area contributed by atoms with E-state index < -0.39 is 15.7 Å². The molecule has 0 radical (unpaired) electrons. The van der Waals surface area contributed by atoms with Crippen LogP contribution in [0.3, 0.4) is 0 Å². The van der Waals surface area contributed by atoms with E-state index in [-0.39, 0.29) is 16.4 Å². The molecule has 1 heterocycles. The molecule has 1 aliphatic heterocycles. The predicted octanol–water partition coefficient (Wildman–Crippen LogP) is 0.802. The van der Waals surface area contributed by atoms with Crippen LogP contribution < -0.4 is 16.4 Å². The van der Waals surface area contributed by atoms with E-state index in [1.807, 2.05) is 0 Å². The normalized spacial score (nSPS) is 15.3. The summed E-state index contributed by atoms with van der Waals surface area (Å²) in [4.78, 5) is 17.8. The Bertz CT molecular complexity index is 746. The van der Waals surface area contributed by atoms with Gasteiger partial charge in [-0.25, -0.2) is 8.42 Å². The molecule has 0 bridgehead atoms. The summed E-state index contributed by atoms with van der Waals surface area (Å²) in [5, 5.41) is 0. The summed E-state index contributed by atoms with van der Waals surface area (Å²) < 4.78 is 24.6. The van der Waals surface area contributed by atoms with E-state index in [0.29, 0.717) is 11.3 Å². The molecule has 4 N–H and O–H groups in total. The lowest BCUT2D eigenvalue weighted by atomic mass is 10.0. The van der Waals surface area contributed by atoms with Crippen LogP contribution in [0.1, 0.15) is 35.2 Å². The molecular weight excluding hydrogens is 316 g/mol. The van der Waals surface area contributed by atoms with E-state index in [1.165, 1.54) is 0 Å². The fourth-order valence-electron chi connectivity index (χ4n) is 2.94. The lowest BCUT2D eigenvalue weighted by molar-refractivity contribution is 0.100. The van der Waals surface area contributed by atoms with Crippen molar-refractivity contribution in [2.45, 2.75) is 31.1 Å². The molecule has 0 aliphatic carbocycles. The van der Waals surface area contributed by atoms with Crippen LogP contribution in [0, 0.1) is 6.92 Å². The van der Waals surface area contributed by atoms with Gasteiger partial charge in [-0.2, -0.15) is 4.99 Å². The highest BCUT2D eigenvalue weighted by molar-refractivity contribution is 7.91. The molecule has 1 aromatic rings. The van der Waals surface area contributed by atoms with E-state index in [2.05, 4.69) is 9.89 Å². The van der Waals surface area contributed by atoms with Crippen molar-refractivity contribution in [3.05, 3.63) is 23.3 Å². The zero-order chi connectivity index (χ0) is 17.2. The minimum absolute atomic E-state index is 0.177. The number of aliphatic imine (C=N–C) groups is 1. The number of nitrogens with zero attached hydrogens (tertiary/aromatic N) is 2. The van der Waals surface area contributed by atoms with Gasteiger partial charge in [0.15, 0.2) is 15.8 Å². The first-order chi connectivity index (χ1) is 10.7. The fourth-order valence-corrected chi connectivity index (χ4v) is 4.18. The first-order valence-electron chi connectivity index (χ1n) is 7.44. The van der Waals surface area contributed by atoms with E-state index in [9.17, 15) is 13.2 Å². The second-order valence-electron chi connectivity index (χ2n) is 5.75. The number of hydrogen-bond donors (Lipinski definition) is 2. The molecule has 0 atom stereocenters. The Morgan fingerprint density at radius 3 is 2.30 bits per heavy atom. The first kappa shape index (κ1) is 17.3. The summed E-state index contributed by atoms with van der Waals surface area (Å²) in [5.41, 5.74) is 11.7. The second kappa shape index (κ2) is 6.57. The van der Waals surface area contributed by atoms with Gasteiger partial charge in [0, 0.05) is 24.9 Å². The monoisotopic (exact) mass is 338 g/mol. The molecule has 1 amide bonds. The predicted molar refractivity (Wildman–Crippen MR) is 90.5 cm³/mol. The maximum Gasteiger partial charge on any atom is 0.280 e. The number of benzene rings is 1. The third-order valence-corrected chi connectivity index (χ3v) is 5.17. The van der Waals surface area contributed by atoms with Gasteiger partial charge in [0.2, 0.25) is 0 Å². The van der Waals surface area contributed by atoms with Crippen LogP contribution in [0.25, 0.3) is 0 Å². The van der Waals surface area contributed by atoms with Crippen molar-refractivity contribution in [2.24, 2.45) is 16.5 Å². The van der Waals surface area contributed by atoms with Gasteiger partial charge in [-0.15, -0.1) is 0 Å². The van der Waals surface area contributed by atoms with Crippen LogP contribution in [0.2, 0.25) is 0 Å². The van der Waals surface area contributed by atoms with Crippen LogP contribution in [0.15, 0.2) is 22.0 Å². The van der Waals surface area contributed by atoms with Crippen molar-refractivity contribution in [3.63, 3.8) is 0 Å².